The zero-order chi connectivity index (χ0) is 15.4. The van der Waals surface area contributed by atoms with Crippen LogP contribution < -0.4 is 5.32 Å². The molecule has 0 aliphatic heterocycles. The molecule has 0 saturated carbocycles. The van der Waals surface area contributed by atoms with Gasteiger partial charge in [0.2, 0.25) is 0 Å². The van der Waals surface area contributed by atoms with Crippen molar-refractivity contribution in [2.75, 3.05) is 6.54 Å². The Morgan fingerprint density at radius 3 is 2.64 bits per heavy atom. The lowest BCUT2D eigenvalue weighted by molar-refractivity contribution is -0.129. The van der Waals surface area contributed by atoms with Gasteiger partial charge in [-0.25, -0.2) is 4.98 Å². The number of hydrogen-bond donors (Lipinski definition) is 2. The first-order valence-electron chi connectivity index (χ1n) is 7.09. The zero-order valence-corrected chi connectivity index (χ0v) is 12.7. The summed E-state index contributed by atoms with van der Waals surface area (Å²) in [7, 11) is 0. The Hall–Kier alpha value is -2.24. The summed E-state index contributed by atoms with van der Waals surface area (Å²) in [5.74, 6) is -0.382. The van der Waals surface area contributed by atoms with E-state index in [2.05, 4.69) is 10.3 Å². The highest BCUT2D eigenvalue weighted by molar-refractivity contribution is 7.18. The van der Waals surface area contributed by atoms with E-state index in [4.69, 9.17) is 0 Å². The van der Waals surface area contributed by atoms with Gasteiger partial charge in [0.25, 0.3) is 5.91 Å². The van der Waals surface area contributed by atoms with Gasteiger partial charge in [-0.15, -0.1) is 11.3 Å². The number of hydrogen-bond acceptors (Lipinski definition) is 4. The second kappa shape index (κ2) is 6.68. The number of aliphatic hydroxyl groups is 1. The molecule has 0 bridgehead atoms. The predicted molar refractivity (Wildman–Crippen MR) is 87.7 cm³/mol. The maximum absolute atomic E-state index is 11.9. The number of para-hydroxylation sites is 1. The second-order valence-corrected chi connectivity index (χ2v) is 6.04. The molecule has 1 unspecified atom stereocenters. The summed E-state index contributed by atoms with van der Waals surface area (Å²) in [5, 5.41) is 13.7. The monoisotopic (exact) mass is 312 g/mol. The molecule has 1 amide bonds. The van der Waals surface area contributed by atoms with Gasteiger partial charge >= 0.3 is 0 Å². The van der Waals surface area contributed by atoms with Crippen molar-refractivity contribution in [3.63, 3.8) is 0 Å². The van der Waals surface area contributed by atoms with Crippen LogP contribution in [-0.2, 0) is 11.2 Å². The normalized spacial score (nSPS) is 12.2. The Bertz CT molecular complexity index is 737. The van der Waals surface area contributed by atoms with E-state index in [9.17, 15) is 9.90 Å². The van der Waals surface area contributed by atoms with Crippen molar-refractivity contribution in [2.24, 2.45) is 0 Å². The predicted octanol–water partition coefficient (Wildman–Crippen LogP) is 2.69. The Labute approximate surface area is 132 Å². The highest BCUT2D eigenvalue weighted by Crippen LogP contribution is 2.21. The molecule has 0 spiro atoms. The second-order valence-electron chi connectivity index (χ2n) is 4.93. The van der Waals surface area contributed by atoms with E-state index < -0.39 is 6.10 Å². The van der Waals surface area contributed by atoms with Gasteiger partial charge in [-0.3, -0.25) is 4.79 Å². The highest BCUT2D eigenvalue weighted by atomic mass is 32.1. The van der Waals surface area contributed by atoms with Crippen molar-refractivity contribution in [3.8, 4) is 0 Å². The molecule has 3 aromatic rings. The van der Waals surface area contributed by atoms with Gasteiger partial charge in [0.05, 0.1) is 15.2 Å². The third-order valence-corrected chi connectivity index (χ3v) is 4.44. The molecular formula is C17H16N2O2S. The lowest BCUT2D eigenvalue weighted by Crippen LogP contribution is -2.30. The topological polar surface area (TPSA) is 62.2 Å². The Morgan fingerprint density at radius 1 is 1.14 bits per heavy atom. The Balaban J connectivity index is 1.55. The van der Waals surface area contributed by atoms with Crippen LogP contribution in [-0.4, -0.2) is 22.5 Å². The van der Waals surface area contributed by atoms with E-state index in [0.717, 1.165) is 15.2 Å². The third-order valence-electron chi connectivity index (χ3n) is 3.34. The maximum atomic E-state index is 11.9. The van der Waals surface area contributed by atoms with Crippen molar-refractivity contribution in [1.29, 1.82) is 0 Å². The van der Waals surface area contributed by atoms with Gasteiger partial charge in [0, 0.05) is 13.0 Å². The number of nitrogens with one attached hydrogen (secondary N) is 1. The van der Waals surface area contributed by atoms with E-state index in [1.165, 1.54) is 0 Å². The van der Waals surface area contributed by atoms with Gasteiger partial charge in [-0.1, -0.05) is 42.5 Å². The molecule has 22 heavy (non-hydrogen) atoms. The lowest BCUT2D eigenvalue weighted by Gasteiger charge is -2.10. The van der Waals surface area contributed by atoms with Crippen LogP contribution in [0.15, 0.2) is 54.6 Å². The smallest absolute Gasteiger partial charge is 0.253 e. The number of carbonyl (C=O) groups excluding carboxylic acids is 1. The van der Waals surface area contributed by atoms with E-state index in [1.807, 2.05) is 30.3 Å². The van der Waals surface area contributed by atoms with Crippen LogP contribution in [0.1, 0.15) is 16.7 Å². The average Bonchev–Trinajstić information content (AvgIpc) is 2.97. The van der Waals surface area contributed by atoms with E-state index in [0.29, 0.717) is 18.5 Å². The largest absolute Gasteiger partial charge is 0.378 e. The number of amides is 1. The van der Waals surface area contributed by atoms with Crippen LogP contribution >= 0.6 is 11.3 Å². The van der Waals surface area contributed by atoms with E-state index >= 15 is 0 Å². The van der Waals surface area contributed by atoms with Gasteiger partial charge in [0.15, 0.2) is 6.10 Å². The summed E-state index contributed by atoms with van der Waals surface area (Å²) in [5.41, 5.74) is 1.58. The fourth-order valence-electron chi connectivity index (χ4n) is 2.20. The van der Waals surface area contributed by atoms with Gasteiger partial charge in [-0.2, -0.15) is 0 Å². The minimum Gasteiger partial charge on any atom is -0.378 e. The number of nitrogens with zero attached hydrogens (tertiary/aromatic N) is 1. The molecule has 5 heteroatoms. The summed E-state index contributed by atoms with van der Waals surface area (Å²) in [6.45, 7) is 0.461. The number of aromatic nitrogens is 1. The number of thiazole rings is 1. The van der Waals surface area contributed by atoms with Crippen molar-refractivity contribution >= 4 is 27.5 Å². The van der Waals surface area contributed by atoms with Crippen LogP contribution in [0.5, 0.6) is 0 Å². The molecule has 0 saturated heterocycles. The standard InChI is InChI=1S/C17H16N2O2S/c20-16(12-6-2-1-3-7-12)17(21)18-11-10-15-19-13-8-4-5-9-14(13)22-15/h1-9,16,20H,10-11H2,(H,18,21). The first kappa shape index (κ1) is 14.7. The van der Waals surface area contributed by atoms with Crippen LogP contribution in [0.2, 0.25) is 0 Å². The molecule has 1 atom stereocenters. The number of rotatable bonds is 5. The van der Waals surface area contributed by atoms with Crippen LogP contribution in [0.25, 0.3) is 10.2 Å². The molecule has 0 fully saturated rings. The SMILES string of the molecule is O=C(NCCc1nc2ccccc2s1)C(O)c1ccccc1. The third kappa shape index (κ3) is 3.32. The van der Waals surface area contributed by atoms with Crippen LogP contribution in [0, 0.1) is 0 Å². The van der Waals surface area contributed by atoms with Crippen molar-refractivity contribution in [3.05, 3.63) is 65.2 Å². The molecule has 4 nitrogen and oxygen atoms in total. The molecule has 0 aliphatic rings. The molecule has 112 valence electrons. The fraction of sp³-hybridized carbons (Fsp3) is 0.176. The van der Waals surface area contributed by atoms with Crippen molar-refractivity contribution < 1.29 is 9.90 Å². The molecule has 1 heterocycles. The summed E-state index contributed by atoms with van der Waals surface area (Å²) < 4.78 is 1.15. The van der Waals surface area contributed by atoms with Gasteiger partial charge in [0.1, 0.15) is 0 Å². The molecule has 2 N–H and O–H groups in total. The van der Waals surface area contributed by atoms with E-state index in [-0.39, 0.29) is 5.91 Å². The molecule has 0 radical (unpaired) electrons. The summed E-state index contributed by atoms with van der Waals surface area (Å²) in [4.78, 5) is 16.4. The minimum absolute atomic E-state index is 0.382. The number of fused-ring (bicyclic) bond motifs is 1. The van der Waals surface area contributed by atoms with Crippen LogP contribution in [0.4, 0.5) is 0 Å². The maximum Gasteiger partial charge on any atom is 0.253 e. The summed E-state index contributed by atoms with van der Waals surface area (Å²) in [6, 6.07) is 16.9. The molecule has 0 aliphatic carbocycles. The molecule has 1 aromatic heterocycles. The van der Waals surface area contributed by atoms with Gasteiger partial charge in [-0.05, 0) is 17.7 Å². The Morgan fingerprint density at radius 2 is 1.86 bits per heavy atom. The number of aliphatic hydroxyl groups excluding tert-OH is 1. The van der Waals surface area contributed by atoms with Crippen LogP contribution in [0.3, 0.4) is 0 Å². The summed E-state index contributed by atoms with van der Waals surface area (Å²) >= 11 is 1.63. The first-order chi connectivity index (χ1) is 10.7. The zero-order valence-electron chi connectivity index (χ0n) is 11.9. The molecular weight excluding hydrogens is 296 g/mol. The van der Waals surface area contributed by atoms with Crippen molar-refractivity contribution in [2.45, 2.75) is 12.5 Å². The Kier molecular flexibility index (Phi) is 4.46. The molecule has 3 rings (SSSR count). The van der Waals surface area contributed by atoms with Crippen molar-refractivity contribution in [1.82, 2.24) is 10.3 Å². The minimum atomic E-state index is -1.13. The van der Waals surface area contributed by atoms with Gasteiger partial charge < -0.3 is 10.4 Å². The first-order valence-corrected chi connectivity index (χ1v) is 7.91. The molecule has 2 aromatic carbocycles. The fourth-order valence-corrected chi connectivity index (χ4v) is 3.17. The van der Waals surface area contributed by atoms with E-state index in [1.54, 1.807) is 35.6 Å². The highest BCUT2D eigenvalue weighted by Gasteiger charge is 2.16. The summed E-state index contributed by atoms with van der Waals surface area (Å²) in [6.07, 6.45) is -0.469. The lowest BCUT2D eigenvalue weighted by atomic mass is 10.1. The number of carbonyl (C=O) groups is 1. The quantitative estimate of drug-likeness (QED) is 0.761. The average molecular weight is 312 g/mol. The number of benzene rings is 2.